The van der Waals surface area contributed by atoms with Crippen LogP contribution in [-0.2, 0) is 150 Å². The van der Waals surface area contributed by atoms with E-state index in [4.69, 9.17) is 37.9 Å². The molecule has 0 aromatic rings. The number of ether oxygens (including phenoxy) is 8. The Kier molecular flexibility index (Phi) is 24.6. The van der Waals surface area contributed by atoms with Crippen molar-refractivity contribution in [1.82, 2.24) is 0 Å². The van der Waals surface area contributed by atoms with Crippen LogP contribution in [0, 0.1) is 50.2 Å². The van der Waals surface area contributed by atoms with E-state index in [1.54, 1.807) is 39.8 Å². The van der Waals surface area contributed by atoms with Crippen molar-refractivity contribution in [2.24, 2.45) is 50.2 Å². The monoisotopic (exact) mass is 1410 g/mol. The summed E-state index contributed by atoms with van der Waals surface area (Å²) in [6.45, 7) is 18.4. The van der Waals surface area contributed by atoms with E-state index in [2.05, 4.69) is 19.9 Å². The van der Waals surface area contributed by atoms with Crippen LogP contribution in [0.25, 0.3) is 0 Å². The van der Waals surface area contributed by atoms with Crippen molar-refractivity contribution in [2.75, 3.05) is 19.8 Å². The minimum atomic E-state index is -2.13. The van der Waals surface area contributed by atoms with Crippen molar-refractivity contribution in [2.45, 2.75) is 231 Å². The Balaban J connectivity index is 0.00000420. The minimum Gasteiger partial charge on any atom is -0.479 e. The summed E-state index contributed by atoms with van der Waals surface area (Å²) in [6, 6.07) is 0. The van der Waals surface area contributed by atoms with E-state index in [9.17, 15) is 75.7 Å². The first-order valence-electron chi connectivity index (χ1n) is 28.1. The quantitative estimate of drug-likeness (QED) is 0.0480. The van der Waals surface area contributed by atoms with Crippen LogP contribution in [0.15, 0.2) is 34.9 Å². The number of hydrogen-bond acceptors (Lipinski definition) is 22. The van der Waals surface area contributed by atoms with Crippen LogP contribution in [0.2, 0.25) is 0 Å². The number of esters is 2. The summed E-state index contributed by atoms with van der Waals surface area (Å²) in [5, 5.41) is 134. The van der Waals surface area contributed by atoms with Gasteiger partial charge in [0.25, 0.3) is 0 Å². The molecule has 3 heterocycles. The number of carboxylic acids is 1. The summed E-state index contributed by atoms with van der Waals surface area (Å²) in [5.74, 6) is -4.01. The number of allylic oxidation sites excluding steroid dienone is 3. The number of aliphatic hydroxyl groups excluding tert-OH is 11. The van der Waals surface area contributed by atoms with Gasteiger partial charge in [-0.25, -0.2) is 14.4 Å². The predicted octanol–water partition coefficient (Wildman–Crippen LogP) is 0.255. The van der Waals surface area contributed by atoms with Crippen molar-refractivity contribution in [1.29, 1.82) is 0 Å². The molecule has 7 fully saturated rings. The molecule has 26 atom stereocenters. The SMILES string of the molecule is C/C=C(/C)C(=O)O[C@H]1[C@H](OC(=O)/C(C)=C\C)[C@@]2(CO)C(CC1(C)C)C1=CCC3[C@@]4(C)CC[C@H](O[C@@H]5OC(C(=O)O)[C@@H](O)[C@@H](O[C@@H]6O[C@@H](CO)C(O)[C@@H]6O)C5O[C@@H]5OC(CO)[C@H](O)[C@@H](O)C5O)C(C)(C)C4CC[C@@]3(C)[C@]1(C)[C@@H](O)[C@H]2O.[Y].[Y].[Y]. The fourth-order valence-electron chi connectivity index (χ4n) is 16.2. The molecule has 3 aliphatic heterocycles. The van der Waals surface area contributed by atoms with E-state index < -0.39 is 193 Å². The fourth-order valence-corrected chi connectivity index (χ4v) is 16.2. The summed E-state index contributed by atoms with van der Waals surface area (Å²) < 4.78 is 49.0. The molecule has 0 aromatic heterocycles. The Morgan fingerprint density at radius 2 is 1.14 bits per heavy atom. The van der Waals surface area contributed by atoms with Crippen molar-refractivity contribution in [3.63, 3.8) is 0 Å². The van der Waals surface area contributed by atoms with Gasteiger partial charge in [0.15, 0.2) is 31.1 Å². The van der Waals surface area contributed by atoms with Gasteiger partial charge in [-0.2, -0.15) is 0 Å². The van der Waals surface area contributed by atoms with Crippen LogP contribution in [0.3, 0.4) is 0 Å². The number of rotatable bonds is 14. The first-order valence-corrected chi connectivity index (χ1v) is 28.1. The number of aliphatic carboxylic acids is 1. The van der Waals surface area contributed by atoms with Gasteiger partial charge in [-0.15, -0.1) is 0 Å². The maximum atomic E-state index is 13.9. The second-order valence-corrected chi connectivity index (χ2v) is 26.0. The Labute approximate surface area is 560 Å². The number of aliphatic hydroxyl groups is 11. The Bertz CT molecular complexity index is 2410. The molecule has 12 N–H and O–H groups in total. The number of carboxylic acid groups (broad SMARTS) is 1. The molecule has 0 amide bonds. The minimum absolute atomic E-state index is 0. The van der Waals surface area contributed by atoms with E-state index in [0.29, 0.717) is 37.7 Å². The van der Waals surface area contributed by atoms with E-state index in [1.807, 2.05) is 34.6 Å². The largest absolute Gasteiger partial charge is 0.479 e. The molecular weight excluding hydrogens is 1320 g/mol. The molecule has 0 bridgehead atoms. The molecule has 26 heteroatoms. The third kappa shape index (κ3) is 12.2. The zero-order valence-corrected chi connectivity index (χ0v) is 57.9. The topological polar surface area (TPSA) is 368 Å². The average molecular weight is 1410 g/mol. The first kappa shape index (κ1) is 74.0. The molecule has 3 radical (unpaired) electrons. The Hall–Kier alpha value is 0.262. The van der Waals surface area contributed by atoms with Gasteiger partial charge in [0.2, 0.25) is 0 Å². The maximum Gasteiger partial charge on any atom is 0.335 e. The molecule has 3 saturated heterocycles. The molecule has 0 aromatic carbocycles. The van der Waals surface area contributed by atoms with Gasteiger partial charge >= 0.3 is 17.9 Å². The van der Waals surface area contributed by atoms with Crippen molar-refractivity contribution in [3.8, 4) is 0 Å². The van der Waals surface area contributed by atoms with Gasteiger partial charge in [-0.1, -0.05) is 72.3 Å². The molecule has 8 rings (SSSR count). The molecule has 83 heavy (non-hydrogen) atoms. The molecule has 8 aliphatic rings. The molecule has 0 spiro atoms. The summed E-state index contributed by atoms with van der Waals surface area (Å²) in [7, 11) is 0. The van der Waals surface area contributed by atoms with Crippen LogP contribution in [0.1, 0.15) is 115 Å². The molecule has 23 nitrogen and oxygen atoms in total. The maximum absolute atomic E-state index is 13.9. The zero-order chi connectivity index (χ0) is 59.3. The van der Waals surface area contributed by atoms with Gasteiger partial charge in [-0.05, 0) is 100 Å². The van der Waals surface area contributed by atoms with Crippen LogP contribution in [0.5, 0.6) is 0 Å². The van der Waals surface area contributed by atoms with E-state index in [1.165, 1.54) is 0 Å². The van der Waals surface area contributed by atoms with Gasteiger partial charge in [0.05, 0.1) is 43.5 Å². The second kappa shape index (κ2) is 27.6. The van der Waals surface area contributed by atoms with E-state index >= 15 is 0 Å². The van der Waals surface area contributed by atoms with E-state index in [0.717, 1.165) is 5.57 Å². The van der Waals surface area contributed by atoms with Crippen LogP contribution in [-0.4, -0.2) is 216 Å². The van der Waals surface area contributed by atoms with Crippen molar-refractivity contribution in [3.05, 3.63) is 34.9 Å². The van der Waals surface area contributed by atoms with Crippen molar-refractivity contribution >= 4 is 17.9 Å². The number of carbonyl (C=O) groups is 3. The van der Waals surface area contributed by atoms with Crippen LogP contribution >= 0.6 is 0 Å². The van der Waals surface area contributed by atoms with Gasteiger partial charge < -0.3 is 99.2 Å². The van der Waals surface area contributed by atoms with Gasteiger partial charge in [-0.3, -0.25) is 0 Å². The van der Waals surface area contributed by atoms with Crippen molar-refractivity contribution < 1.29 is 212 Å². The van der Waals surface area contributed by atoms with Crippen LogP contribution in [0.4, 0.5) is 0 Å². The van der Waals surface area contributed by atoms with Gasteiger partial charge in [0, 0.05) is 120 Å². The number of hydrogen-bond donors (Lipinski definition) is 12. The Morgan fingerprint density at radius 1 is 0.627 bits per heavy atom. The third-order valence-electron chi connectivity index (χ3n) is 21.4. The molecule has 5 aliphatic carbocycles. The smallest absolute Gasteiger partial charge is 0.335 e. The second-order valence-electron chi connectivity index (χ2n) is 26.0. The number of fused-ring (bicyclic) bond motifs is 7. The normalized spacial score (nSPS) is 47.3. The molecular formula is C57H88O23Y3. The summed E-state index contributed by atoms with van der Waals surface area (Å²) in [4.78, 5) is 40.3. The van der Waals surface area contributed by atoms with Gasteiger partial charge in [0.1, 0.15) is 67.1 Å². The Morgan fingerprint density at radius 3 is 1.66 bits per heavy atom. The predicted molar refractivity (Wildman–Crippen MR) is 277 cm³/mol. The number of carbonyl (C=O) groups excluding carboxylic acids is 2. The van der Waals surface area contributed by atoms with E-state index in [-0.39, 0.29) is 122 Å². The summed E-state index contributed by atoms with van der Waals surface area (Å²) >= 11 is 0. The summed E-state index contributed by atoms with van der Waals surface area (Å²) in [6.07, 6.45) is -24.0. The first-order chi connectivity index (χ1) is 37.3. The summed E-state index contributed by atoms with van der Waals surface area (Å²) in [5.41, 5.74) is -4.40. The molecule has 463 valence electrons. The molecule has 8 unspecified atom stereocenters. The fraction of sp³-hybridized carbons (Fsp3) is 0.842. The standard InChI is InChI=1S/C57H88O23.3Y/c1-12-24(3)47(71)79-44-45(80-48(72)25(4)13-2)57(23-60)27(20-52(44,5)6)26-14-15-31-54(9)18-17-32(53(7,8)30(54)16-19-55(31,10)56(26,11)42(67)43(57)68)75-51-41(78-50-37(65)35(63)33(61)28(21-58)73-50)39(38(66)40(77-51)46(69)70)76-49-36(64)34(62)29(22-59)74-49;;;/h12-14,27-45,49-51,58-68H,15-23H2,1-11H3,(H,69,70);;;/b24-12-,25-13-;;;/t27?,28?,29-,30?,31?,32-,33-,34?,35+,36-,37?,38-,39+,40?,41?,42-,43+,44-,45-,49-,50-,51+,54-,55+,56-,57-;;;/m0.../s1. The zero-order valence-electron chi connectivity index (χ0n) is 49.4. The third-order valence-corrected chi connectivity index (χ3v) is 21.4. The average Bonchev–Trinajstić information content (AvgIpc) is 3.82. The van der Waals surface area contributed by atoms with Crippen LogP contribution < -0.4 is 0 Å². The molecule has 4 saturated carbocycles.